The lowest BCUT2D eigenvalue weighted by Crippen LogP contribution is -2.40. The molecule has 184 valence electrons. The molecule has 0 fully saturated rings. The summed E-state index contributed by atoms with van der Waals surface area (Å²) in [7, 11) is 0. The van der Waals surface area contributed by atoms with Crippen molar-refractivity contribution in [2.24, 2.45) is 10.3 Å². The fourth-order valence-electron chi connectivity index (χ4n) is 3.32. The topological polar surface area (TPSA) is 110 Å². The molecule has 2 aromatic carbocycles. The lowest BCUT2D eigenvalue weighted by Gasteiger charge is -2.16. The summed E-state index contributed by atoms with van der Waals surface area (Å²) in [4.78, 5) is 24.6. The van der Waals surface area contributed by atoms with Gasteiger partial charge in [-0.3, -0.25) is 14.6 Å². The predicted octanol–water partition coefficient (Wildman–Crippen LogP) is 3.57. The molecule has 2 N–H and O–H groups in total. The van der Waals surface area contributed by atoms with E-state index >= 15 is 0 Å². The SMILES string of the molecule is CCc1ccc(C(C#N)NC(=O)C2CN(CCNC(=O)c3ccc(C(F)(F)F)cc3F)N=N2)cc1. The molecule has 0 aromatic heterocycles. The van der Waals surface area contributed by atoms with Crippen LogP contribution in [0.1, 0.15) is 40.0 Å². The monoisotopic (exact) mass is 490 g/mol. The van der Waals surface area contributed by atoms with Gasteiger partial charge >= 0.3 is 6.18 Å². The van der Waals surface area contributed by atoms with Crippen molar-refractivity contribution in [3.63, 3.8) is 0 Å². The molecule has 2 amide bonds. The van der Waals surface area contributed by atoms with Gasteiger partial charge < -0.3 is 10.6 Å². The molecule has 2 atom stereocenters. The molecule has 35 heavy (non-hydrogen) atoms. The Bertz CT molecular complexity index is 1140. The maximum Gasteiger partial charge on any atom is 0.416 e. The van der Waals surface area contributed by atoms with Gasteiger partial charge in [0.1, 0.15) is 11.9 Å². The molecule has 1 heterocycles. The van der Waals surface area contributed by atoms with Gasteiger partial charge in [-0.25, -0.2) is 4.39 Å². The predicted molar refractivity (Wildman–Crippen MR) is 116 cm³/mol. The average molecular weight is 490 g/mol. The van der Waals surface area contributed by atoms with Crippen molar-refractivity contribution in [1.82, 2.24) is 15.6 Å². The summed E-state index contributed by atoms with van der Waals surface area (Å²) in [6.07, 6.45) is -3.87. The molecule has 0 aliphatic carbocycles. The summed E-state index contributed by atoms with van der Waals surface area (Å²) in [5.74, 6) is -2.66. The molecule has 0 radical (unpaired) electrons. The Morgan fingerprint density at radius 1 is 1.23 bits per heavy atom. The van der Waals surface area contributed by atoms with E-state index in [1.54, 1.807) is 12.1 Å². The molecular formula is C23H22F4N6O2. The number of nitrogens with zero attached hydrogens (tertiary/aromatic N) is 4. The van der Waals surface area contributed by atoms with Crippen LogP contribution in [0.3, 0.4) is 0 Å². The zero-order valence-corrected chi connectivity index (χ0v) is 18.6. The van der Waals surface area contributed by atoms with Crippen LogP contribution < -0.4 is 10.6 Å². The number of hydrogen-bond acceptors (Lipinski definition) is 6. The van der Waals surface area contributed by atoms with Crippen LogP contribution in [0.4, 0.5) is 17.6 Å². The Morgan fingerprint density at radius 2 is 1.94 bits per heavy atom. The summed E-state index contributed by atoms with van der Waals surface area (Å²) in [5, 5.41) is 23.6. The minimum absolute atomic E-state index is 0.0166. The molecule has 2 unspecified atom stereocenters. The third-order valence-corrected chi connectivity index (χ3v) is 5.34. The zero-order chi connectivity index (χ0) is 25.6. The second-order valence-electron chi connectivity index (χ2n) is 7.75. The number of carbonyl (C=O) groups excluding carboxylic acids is 2. The molecule has 1 aliphatic heterocycles. The van der Waals surface area contributed by atoms with Crippen LogP contribution in [0.5, 0.6) is 0 Å². The van der Waals surface area contributed by atoms with Crippen molar-refractivity contribution >= 4 is 11.8 Å². The summed E-state index contributed by atoms with van der Waals surface area (Å²) < 4.78 is 51.8. The smallest absolute Gasteiger partial charge is 0.350 e. The lowest BCUT2D eigenvalue weighted by molar-refractivity contribution is -0.137. The van der Waals surface area contributed by atoms with Crippen LogP contribution in [0.25, 0.3) is 0 Å². The molecule has 0 spiro atoms. The largest absolute Gasteiger partial charge is 0.416 e. The summed E-state index contributed by atoms with van der Waals surface area (Å²) in [6.45, 7) is 2.22. The molecule has 0 saturated heterocycles. The van der Waals surface area contributed by atoms with Crippen molar-refractivity contribution < 1.29 is 27.2 Å². The van der Waals surface area contributed by atoms with E-state index in [1.807, 2.05) is 25.1 Å². The minimum Gasteiger partial charge on any atom is -0.350 e. The van der Waals surface area contributed by atoms with Gasteiger partial charge in [-0.1, -0.05) is 36.4 Å². The average Bonchev–Trinajstić information content (AvgIpc) is 3.31. The van der Waals surface area contributed by atoms with E-state index < -0.39 is 47.0 Å². The Labute approximate surface area is 198 Å². The third-order valence-electron chi connectivity index (χ3n) is 5.34. The first-order chi connectivity index (χ1) is 16.6. The van der Waals surface area contributed by atoms with E-state index in [2.05, 4.69) is 21.0 Å². The van der Waals surface area contributed by atoms with Crippen LogP contribution in [0, 0.1) is 17.1 Å². The van der Waals surface area contributed by atoms with Gasteiger partial charge in [-0.2, -0.15) is 23.5 Å². The van der Waals surface area contributed by atoms with Crippen molar-refractivity contribution in [3.05, 3.63) is 70.5 Å². The van der Waals surface area contributed by atoms with Crippen LogP contribution in [-0.2, 0) is 17.4 Å². The zero-order valence-electron chi connectivity index (χ0n) is 18.6. The molecule has 3 rings (SSSR count). The van der Waals surface area contributed by atoms with Crippen molar-refractivity contribution in [3.8, 4) is 6.07 Å². The molecule has 2 aromatic rings. The number of nitrogens with one attached hydrogen (secondary N) is 2. The van der Waals surface area contributed by atoms with Crippen molar-refractivity contribution in [2.45, 2.75) is 31.6 Å². The van der Waals surface area contributed by atoms with Crippen LogP contribution >= 0.6 is 0 Å². The molecule has 1 aliphatic rings. The first kappa shape index (κ1) is 25.6. The highest BCUT2D eigenvalue weighted by molar-refractivity contribution is 5.94. The van der Waals surface area contributed by atoms with E-state index in [0.717, 1.165) is 18.1 Å². The number of halogens is 4. The lowest BCUT2D eigenvalue weighted by atomic mass is 10.0. The summed E-state index contributed by atoms with van der Waals surface area (Å²) in [6, 6.07) is 9.31. The van der Waals surface area contributed by atoms with E-state index in [0.29, 0.717) is 11.6 Å². The fourth-order valence-corrected chi connectivity index (χ4v) is 3.32. The summed E-state index contributed by atoms with van der Waals surface area (Å²) >= 11 is 0. The van der Waals surface area contributed by atoms with E-state index in [-0.39, 0.29) is 25.7 Å². The number of rotatable bonds is 8. The van der Waals surface area contributed by atoms with E-state index in [4.69, 9.17) is 0 Å². The Hall–Kier alpha value is -4.01. The van der Waals surface area contributed by atoms with Gasteiger partial charge in [0, 0.05) is 6.54 Å². The van der Waals surface area contributed by atoms with Gasteiger partial charge in [0.2, 0.25) is 5.91 Å². The first-order valence-corrected chi connectivity index (χ1v) is 10.7. The third kappa shape index (κ3) is 6.53. The highest BCUT2D eigenvalue weighted by Gasteiger charge is 2.32. The maximum absolute atomic E-state index is 13.9. The number of nitriles is 1. The highest BCUT2D eigenvalue weighted by atomic mass is 19.4. The second-order valence-corrected chi connectivity index (χ2v) is 7.75. The Morgan fingerprint density at radius 3 is 2.54 bits per heavy atom. The van der Waals surface area contributed by atoms with E-state index in [1.165, 1.54) is 5.01 Å². The van der Waals surface area contributed by atoms with Crippen LogP contribution in [0.2, 0.25) is 0 Å². The fraction of sp³-hybridized carbons (Fsp3) is 0.348. The quantitative estimate of drug-likeness (QED) is 0.552. The number of aryl methyl sites for hydroxylation is 1. The van der Waals surface area contributed by atoms with Crippen molar-refractivity contribution in [1.29, 1.82) is 5.26 Å². The number of benzene rings is 2. The molecule has 0 bridgehead atoms. The number of alkyl halides is 3. The standard InChI is InChI=1S/C23H22F4N6O2/c1-2-14-3-5-15(6-4-14)19(12-28)30-22(35)20-13-33(32-31-20)10-9-29-21(34)17-8-7-16(11-18(17)24)23(25,26)27/h3-8,11,19-20H,2,9-10,13H2,1H3,(H,29,34)(H,30,35). The first-order valence-electron chi connectivity index (χ1n) is 10.7. The van der Waals surface area contributed by atoms with Gasteiger partial charge in [-0.05, 0) is 35.7 Å². The maximum atomic E-state index is 13.9. The van der Waals surface area contributed by atoms with Gasteiger partial charge in [0.15, 0.2) is 6.04 Å². The second kappa shape index (κ2) is 10.9. The normalized spacial score (nSPS) is 16.0. The number of carbonyl (C=O) groups is 2. The summed E-state index contributed by atoms with van der Waals surface area (Å²) in [5.41, 5.74) is 0.0333. The van der Waals surface area contributed by atoms with Gasteiger partial charge in [0.05, 0.1) is 30.3 Å². The highest BCUT2D eigenvalue weighted by Crippen LogP contribution is 2.30. The minimum atomic E-state index is -4.72. The molecule has 8 nitrogen and oxygen atoms in total. The van der Waals surface area contributed by atoms with Crippen molar-refractivity contribution in [2.75, 3.05) is 19.6 Å². The Kier molecular flexibility index (Phi) is 8.01. The van der Waals surface area contributed by atoms with E-state index in [9.17, 15) is 32.4 Å². The number of hydrogen-bond donors (Lipinski definition) is 2. The molecule has 12 heteroatoms. The molecule has 0 saturated carbocycles. The van der Waals surface area contributed by atoms with Gasteiger partial charge in [0.25, 0.3) is 5.91 Å². The molecular weight excluding hydrogens is 468 g/mol. The van der Waals surface area contributed by atoms with Gasteiger partial charge in [-0.15, -0.1) is 0 Å². The van der Waals surface area contributed by atoms with Crippen LogP contribution in [-0.4, -0.2) is 42.5 Å². The number of amides is 2. The Balaban J connectivity index is 1.47. The van der Waals surface area contributed by atoms with Crippen LogP contribution in [0.15, 0.2) is 52.8 Å².